The fraction of sp³-hybridized carbons (Fsp3) is 0.263. The highest BCUT2D eigenvalue weighted by Gasteiger charge is 2.09. The third-order valence-corrected chi connectivity index (χ3v) is 3.85. The molecule has 1 amide bonds. The van der Waals surface area contributed by atoms with E-state index in [9.17, 15) is 9.59 Å². The van der Waals surface area contributed by atoms with Crippen molar-refractivity contribution < 1.29 is 23.8 Å². The maximum Gasteiger partial charge on any atom is 0.325 e. The first-order valence-electron chi connectivity index (χ1n) is 8.24. The molecule has 0 aliphatic carbocycles. The van der Waals surface area contributed by atoms with Gasteiger partial charge in [0.2, 0.25) is 0 Å². The van der Waals surface area contributed by atoms with Gasteiger partial charge in [-0.2, -0.15) is 0 Å². The zero-order chi connectivity index (χ0) is 19.6. The lowest BCUT2D eigenvalue weighted by atomic mass is 10.2. The number of halogens is 2. The molecular formula is C19H19Cl2NO5. The van der Waals surface area contributed by atoms with Gasteiger partial charge in [0.1, 0.15) is 31.3 Å². The molecule has 0 aromatic heterocycles. The Morgan fingerprint density at radius 2 is 1.74 bits per heavy atom. The molecule has 0 bridgehead atoms. The van der Waals surface area contributed by atoms with E-state index in [0.717, 1.165) is 0 Å². The summed E-state index contributed by atoms with van der Waals surface area (Å²) in [5.74, 6) is 0.175. The Morgan fingerprint density at radius 1 is 1.00 bits per heavy atom. The van der Waals surface area contributed by atoms with E-state index in [1.165, 1.54) is 0 Å². The van der Waals surface area contributed by atoms with Gasteiger partial charge in [0, 0.05) is 10.6 Å². The lowest BCUT2D eigenvalue weighted by Crippen LogP contribution is -2.31. The van der Waals surface area contributed by atoms with Crippen LogP contribution < -0.4 is 14.8 Å². The smallest absolute Gasteiger partial charge is 0.325 e. The molecule has 2 aromatic rings. The van der Waals surface area contributed by atoms with Gasteiger partial charge in [-0.05, 0) is 49.4 Å². The number of rotatable bonds is 9. The first-order valence-corrected chi connectivity index (χ1v) is 8.99. The van der Waals surface area contributed by atoms with Gasteiger partial charge < -0.3 is 19.5 Å². The standard InChI is InChI=1S/C19H19Cl2NO5/c1-2-25-15-6-3-13(4-7-15)19(24)22-12-18(23)27-10-9-26-17-8-5-14(20)11-16(17)21/h3-8,11H,2,9-10,12H2,1H3,(H,22,24). The van der Waals surface area contributed by atoms with Crippen LogP contribution in [0, 0.1) is 0 Å². The molecule has 2 rings (SSSR count). The lowest BCUT2D eigenvalue weighted by molar-refractivity contribution is -0.143. The van der Waals surface area contributed by atoms with Crippen molar-refractivity contribution in [2.45, 2.75) is 6.92 Å². The van der Waals surface area contributed by atoms with E-state index >= 15 is 0 Å². The quantitative estimate of drug-likeness (QED) is 0.502. The number of carbonyl (C=O) groups excluding carboxylic acids is 2. The average molecular weight is 412 g/mol. The van der Waals surface area contributed by atoms with E-state index in [4.69, 9.17) is 37.4 Å². The molecule has 0 radical (unpaired) electrons. The molecule has 0 aliphatic heterocycles. The van der Waals surface area contributed by atoms with Crippen LogP contribution in [0.25, 0.3) is 0 Å². The van der Waals surface area contributed by atoms with Crippen molar-refractivity contribution in [1.29, 1.82) is 0 Å². The van der Waals surface area contributed by atoms with E-state index in [-0.39, 0.29) is 25.7 Å². The van der Waals surface area contributed by atoms with Crippen LogP contribution in [0.15, 0.2) is 42.5 Å². The summed E-state index contributed by atoms with van der Waals surface area (Å²) in [4.78, 5) is 23.7. The number of hydrogen-bond donors (Lipinski definition) is 1. The van der Waals surface area contributed by atoms with Crippen LogP contribution in [0.4, 0.5) is 0 Å². The maximum absolute atomic E-state index is 12.0. The molecule has 0 saturated carbocycles. The van der Waals surface area contributed by atoms with Crippen LogP contribution in [0.3, 0.4) is 0 Å². The number of esters is 1. The Bertz CT molecular complexity index is 780. The van der Waals surface area contributed by atoms with Crippen LogP contribution in [-0.4, -0.2) is 38.2 Å². The van der Waals surface area contributed by atoms with Crippen LogP contribution in [-0.2, 0) is 9.53 Å². The first-order chi connectivity index (χ1) is 13.0. The predicted octanol–water partition coefficient (Wildman–Crippen LogP) is 3.74. The van der Waals surface area contributed by atoms with Crippen molar-refractivity contribution in [2.24, 2.45) is 0 Å². The summed E-state index contributed by atoms with van der Waals surface area (Å²) in [7, 11) is 0. The molecule has 27 heavy (non-hydrogen) atoms. The SMILES string of the molecule is CCOc1ccc(C(=O)NCC(=O)OCCOc2ccc(Cl)cc2Cl)cc1. The second kappa shape index (κ2) is 10.6. The lowest BCUT2D eigenvalue weighted by Gasteiger charge is -2.09. The first kappa shape index (κ1) is 20.9. The van der Waals surface area contributed by atoms with Gasteiger partial charge >= 0.3 is 5.97 Å². The highest BCUT2D eigenvalue weighted by atomic mass is 35.5. The summed E-state index contributed by atoms with van der Waals surface area (Å²) in [6.07, 6.45) is 0. The summed E-state index contributed by atoms with van der Waals surface area (Å²) >= 11 is 11.8. The molecule has 0 fully saturated rings. The van der Waals surface area contributed by atoms with E-state index in [1.807, 2.05) is 6.92 Å². The van der Waals surface area contributed by atoms with Crippen molar-refractivity contribution in [3.8, 4) is 11.5 Å². The summed E-state index contributed by atoms with van der Waals surface area (Å²) in [6, 6.07) is 11.5. The minimum Gasteiger partial charge on any atom is -0.494 e. The molecular weight excluding hydrogens is 393 g/mol. The van der Waals surface area contributed by atoms with Crippen molar-refractivity contribution in [3.63, 3.8) is 0 Å². The Balaban J connectivity index is 1.67. The minimum atomic E-state index is -0.569. The molecule has 2 aromatic carbocycles. The zero-order valence-electron chi connectivity index (χ0n) is 14.7. The zero-order valence-corrected chi connectivity index (χ0v) is 16.2. The van der Waals surface area contributed by atoms with Gasteiger partial charge in [-0.15, -0.1) is 0 Å². The van der Waals surface area contributed by atoms with Gasteiger partial charge in [-0.1, -0.05) is 23.2 Å². The van der Waals surface area contributed by atoms with Gasteiger partial charge in [-0.25, -0.2) is 0 Å². The van der Waals surface area contributed by atoms with Crippen LogP contribution >= 0.6 is 23.2 Å². The third-order valence-electron chi connectivity index (χ3n) is 3.32. The number of carbonyl (C=O) groups is 2. The monoisotopic (exact) mass is 411 g/mol. The van der Waals surface area contributed by atoms with Gasteiger partial charge in [-0.3, -0.25) is 9.59 Å². The Morgan fingerprint density at radius 3 is 2.41 bits per heavy atom. The van der Waals surface area contributed by atoms with Gasteiger partial charge in [0.15, 0.2) is 0 Å². The summed E-state index contributed by atoms with van der Waals surface area (Å²) < 4.78 is 15.7. The maximum atomic E-state index is 12.0. The molecule has 0 unspecified atom stereocenters. The second-order valence-corrected chi connectivity index (χ2v) is 6.13. The largest absolute Gasteiger partial charge is 0.494 e. The Kier molecular flexibility index (Phi) is 8.23. The molecule has 144 valence electrons. The Hall–Kier alpha value is -2.44. The molecule has 0 saturated heterocycles. The van der Waals surface area contributed by atoms with Crippen molar-refractivity contribution in [2.75, 3.05) is 26.4 Å². The van der Waals surface area contributed by atoms with Crippen molar-refractivity contribution in [3.05, 3.63) is 58.1 Å². The van der Waals surface area contributed by atoms with E-state index in [1.54, 1.807) is 42.5 Å². The molecule has 6 nitrogen and oxygen atoms in total. The molecule has 0 aliphatic rings. The second-order valence-electron chi connectivity index (χ2n) is 5.28. The highest BCUT2D eigenvalue weighted by Crippen LogP contribution is 2.27. The number of amides is 1. The van der Waals surface area contributed by atoms with E-state index < -0.39 is 5.97 Å². The topological polar surface area (TPSA) is 73.9 Å². The van der Waals surface area contributed by atoms with E-state index in [0.29, 0.717) is 33.7 Å². The number of nitrogens with one attached hydrogen (secondary N) is 1. The fourth-order valence-electron chi connectivity index (χ4n) is 2.07. The normalized spacial score (nSPS) is 10.2. The number of hydrogen-bond acceptors (Lipinski definition) is 5. The molecule has 0 heterocycles. The van der Waals surface area contributed by atoms with Crippen molar-refractivity contribution in [1.82, 2.24) is 5.32 Å². The molecule has 0 atom stereocenters. The molecule has 0 spiro atoms. The third kappa shape index (κ3) is 7.00. The van der Waals surface area contributed by atoms with Crippen LogP contribution in [0.5, 0.6) is 11.5 Å². The van der Waals surface area contributed by atoms with Gasteiger partial charge in [0.05, 0.1) is 11.6 Å². The summed E-state index contributed by atoms with van der Waals surface area (Å²) in [6.45, 7) is 2.33. The van der Waals surface area contributed by atoms with Crippen LogP contribution in [0.1, 0.15) is 17.3 Å². The number of ether oxygens (including phenoxy) is 3. The molecule has 8 heteroatoms. The Labute approximate surface area is 167 Å². The fourth-order valence-corrected chi connectivity index (χ4v) is 2.54. The van der Waals surface area contributed by atoms with Crippen LogP contribution in [0.2, 0.25) is 10.0 Å². The highest BCUT2D eigenvalue weighted by molar-refractivity contribution is 6.35. The minimum absolute atomic E-state index is 0.0245. The summed E-state index contributed by atoms with van der Waals surface area (Å²) in [5, 5.41) is 3.37. The predicted molar refractivity (Wildman–Crippen MR) is 103 cm³/mol. The van der Waals surface area contributed by atoms with Gasteiger partial charge in [0.25, 0.3) is 5.91 Å². The molecule has 1 N–H and O–H groups in total. The average Bonchev–Trinajstić information content (AvgIpc) is 2.65. The summed E-state index contributed by atoms with van der Waals surface area (Å²) in [5.41, 5.74) is 0.423. The van der Waals surface area contributed by atoms with Crippen molar-refractivity contribution >= 4 is 35.1 Å². The van der Waals surface area contributed by atoms with E-state index in [2.05, 4.69) is 5.32 Å². The number of benzene rings is 2.